The Hall–Kier alpha value is -5.46. The predicted octanol–water partition coefficient (Wildman–Crippen LogP) is 12.1. The lowest BCUT2D eigenvalue weighted by atomic mass is 9.77. The number of hydrogen-bond acceptors (Lipinski definition) is 0. The molecule has 0 amide bonds. The van der Waals surface area contributed by atoms with E-state index in [-0.39, 0.29) is 17.8 Å². The second kappa shape index (κ2) is 10.3. The SMILES string of the molecule is Cc1ccc([C@@H]2c3ccccc3-c3c2c2c(c4c3[C@@H](c3ccc(C)cc3)c3ccccc3-4)[C@H](c3ccc(C)cc3)c3ccccc3-2)cc1. The van der Waals surface area contributed by atoms with Crippen molar-refractivity contribution in [3.63, 3.8) is 0 Å². The third kappa shape index (κ3) is 3.78. The van der Waals surface area contributed by atoms with Gasteiger partial charge in [-0.1, -0.05) is 162 Å². The van der Waals surface area contributed by atoms with E-state index in [0.29, 0.717) is 0 Å². The van der Waals surface area contributed by atoms with E-state index in [1.807, 2.05) is 0 Å². The second-order valence-corrected chi connectivity index (χ2v) is 14.2. The maximum atomic E-state index is 2.39. The van der Waals surface area contributed by atoms with Gasteiger partial charge in [0.1, 0.15) is 0 Å². The first-order valence-electron chi connectivity index (χ1n) is 17.3. The van der Waals surface area contributed by atoms with E-state index in [9.17, 15) is 0 Å². The summed E-state index contributed by atoms with van der Waals surface area (Å²) in [5, 5.41) is 0. The van der Waals surface area contributed by atoms with Crippen molar-refractivity contribution in [2.75, 3.05) is 0 Å². The first-order valence-corrected chi connectivity index (χ1v) is 17.3. The lowest BCUT2D eigenvalue weighted by molar-refractivity contribution is 0.976. The Morgan fingerprint density at radius 1 is 0.292 bits per heavy atom. The highest BCUT2D eigenvalue weighted by Crippen LogP contribution is 2.66. The van der Waals surface area contributed by atoms with E-state index < -0.39 is 0 Å². The van der Waals surface area contributed by atoms with Crippen LogP contribution in [0.4, 0.5) is 0 Å². The second-order valence-electron chi connectivity index (χ2n) is 14.2. The van der Waals surface area contributed by atoms with Crippen LogP contribution in [0, 0.1) is 20.8 Å². The van der Waals surface area contributed by atoms with Gasteiger partial charge in [0, 0.05) is 17.8 Å². The van der Waals surface area contributed by atoms with Crippen LogP contribution in [0.2, 0.25) is 0 Å². The Labute approximate surface area is 283 Å². The van der Waals surface area contributed by atoms with Gasteiger partial charge in [-0.2, -0.15) is 0 Å². The van der Waals surface area contributed by atoms with Crippen molar-refractivity contribution in [3.05, 3.63) is 212 Å². The molecule has 10 rings (SSSR count). The molecule has 0 saturated heterocycles. The Morgan fingerprint density at radius 2 is 0.542 bits per heavy atom. The zero-order valence-corrected chi connectivity index (χ0v) is 27.6. The Bertz CT molecular complexity index is 2110. The summed E-state index contributed by atoms with van der Waals surface area (Å²) in [4.78, 5) is 0. The molecule has 0 fully saturated rings. The monoisotopic (exact) mass is 612 g/mol. The van der Waals surface area contributed by atoms with Crippen molar-refractivity contribution in [3.8, 4) is 33.4 Å². The standard InChI is InChI=1S/C48H36/c1-28-16-22-31(23-17-28)40-34-10-4-7-13-37(34)43-46(40)44-38-14-8-5-11-35(38)41(32-24-18-29(2)19-25-32)48(44)45-39-15-9-6-12-36(39)42(47(43)45)33-26-20-30(3)21-27-33/h4-27,40-42H,1-3H3/t40-,41-,42+/m1/s1. The van der Waals surface area contributed by atoms with Gasteiger partial charge >= 0.3 is 0 Å². The molecule has 0 unspecified atom stereocenters. The minimum atomic E-state index is 0.156. The fourth-order valence-corrected chi connectivity index (χ4v) is 9.26. The van der Waals surface area contributed by atoms with Crippen LogP contribution in [0.3, 0.4) is 0 Å². The lowest BCUT2D eigenvalue weighted by Crippen LogP contribution is -2.08. The van der Waals surface area contributed by atoms with Crippen molar-refractivity contribution >= 4 is 0 Å². The van der Waals surface area contributed by atoms with Crippen LogP contribution >= 0.6 is 0 Å². The smallest absolute Gasteiger partial charge is 0.0358 e. The molecule has 0 N–H and O–H groups in total. The normalized spacial score (nSPS) is 17.7. The Balaban J connectivity index is 1.41. The van der Waals surface area contributed by atoms with Crippen molar-refractivity contribution < 1.29 is 0 Å². The van der Waals surface area contributed by atoms with Crippen LogP contribution in [-0.4, -0.2) is 0 Å². The average molecular weight is 613 g/mol. The van der Waals surface area contributed by atoms with Gasteiger partial charge in [0.15, 0.2) is 0 Å². The number of aryl methyl sites for hydroxylation is 3. The topological polar surface area (TPSA) is 0 Å². The van der Waals surface area contributed by atoms with Crippen LogP contribution in [0.25, 0.3) is 33.4 Å². The van der Waals surface area contributed by atoms with Gasteiger partial charge in [0.2, 0.25) is 0 Å². The molecule has 0 aromatic heterocycles. The summed E-state index contributed by atoms with van der Waals surface area (Å²) in [5.74, 6) is 0.467. The molecular weight excluding hydrogens is 577 g/mol. The highest BCUT2D eigenvalue weighted by atomic mass is 14.5. The molecule has 0 nitrogen and oxygen atoms in total. The van der Waals surface area contributed by atoms with Crippen molar-refractivity contribution in [1.82, 2.24) is 0 Å². The Morgan fingerprint density at radius 3 is 0.812 bits per heavy atom. The molecule has 3 aliphatic carbocycles. The molecule has 0 spiro atoms. The molecule has 7 aromatic rings. The molecular formula is C48H36. The average Bonchev–Trinajstić information content (AvgIpc) is 3.76. The van der Waals surface area contributed by atoms with E-state index in [4.69, 9.17) is 0 Å². The third-order valence-corrected chi connectivity index (χ3v) is 11.3. The van der Waals surface area contributed by atoms with E-state index in [2.05, 4.69) is 166 Å². The van der Waals surface area contributed by atoms with Crippen LogP contribution in [-0.2, 0) is 0 Å². The van der Waals surface area contributed by atoms with Crippen LogP contribution < -0.4 is 0 Å². The number of rotatable bonds is 3. The molecule has 228 valence electrons. The van der Waals surface area contributed by atoms with Crippen molar-refractivity contribution in [2.45, 2.75) is 38.5 Å². The van der Waals surface area contributed by atoms with Crippen molar-refractivity contribution in [1.29, 1.82) is 0 Å². The minimum Gasteiger partial charge on any atom is -0.0619 e. The van der Waals surface area contributed by atoms with Gasteiger partial charge in [-0.05, 0) is 104 Å². The highest BCUT2D eigenvalue weighted by Gasteiger charge is 2.47. The Kier molecular flexibility index (Phi) is 5.91. The van der Waals surface area contributed by atoms with Gasteiger partial charge in [-0.15, -0.1) is 0 Å². The fraction of sp³-hybridized carbons (Fsp3) is 0.125. The molecule has 3 atom stereocenters. The largest absolute Gasteiger partial charge is 0.0619 e. The summed E-state index contributed by atoms with van der Waals surface area (Å²) in [5.41, 5.74) is 25.2. The zero-order chi connectivity index (χ0) is 32.1. The summed E-state index contributed by atoms with van der Waals surface area (Å²) < 4.78 is 0. The number of hydrogen-bond donors (Lipinski definition) is 0. The maximum Gasteiger partial charge on any atom is 0.0358 e. The summed E-state index contributed by atoms with van der Waals surface area (Å²) in [6, 6.07) is 55.7. The molecule has 3 aliphatic rings. The van der Waals surface area contributed by atoms with Gasteiger partial charge in [0.25, 0.3) is 0 Å². The molecule has 0 heterocycles. The summed E-state index contributed by atoms with van der Waals surface area (Å²) >= 11 is 0. The van der Waals surface area contributed by atoms with E-state index in [1.165, 1.54) is 100 Å². The lowest BCUT2D eigenvalue weighted by Gasteiger charge is -2.25. The zero-order valence-electron chi connectivity index (χ0n) is 27.6. The first kappa shape index (κ1) is 27.6. The van der Waals surface area contributed by atoms with Crippen LogP contribution in [0.1, 0.15) is 84.5 Å². The number of benzene rings is 7. The van der Waals surface area contributed by atoms with E-state index in [1.54, 1.807) is 0 Å². The molecule has 0 aliphatic heterocycles. The van der Waals surface area contributed by atoms with Crippen molar-refractivity contribution in [2.24, 2.45) is 0 Å². The highest BCUT2D eigenvalue weighted by molar-refractivity contribution is 6.04. The first-order chi connectivity index (χ1) is 23.6. The molecule has 48 heavy (non-hydrogen) atoms. The minimum absolute atomic E-state index is 0.156. The van der Waals surface area contributed by atoms with Crippen LogP contribution in [0.5, 0.6) is 0 Å². The molecule has 0 bridgehead atoms. The maximum absolute atomic E-state index is 2.39. The summed E-state index contributed by atoms with van der Waals surface area (Å²) in [7, 11) is 0. The quantitative estimate of drug-likeness (QED) is 0.186. The van der Waals surface area contributed by atoms with Crippen LogP contribution in [0.15, 0.2) is 146 Å². The molecule has 0 saturated carbocycles. The molecule has 0 heteroatoms. The molecule has 0 radical (unpaired) electrons. The fourth-order valence-electron chi connectivity index (χ4n) is 9.26. The van der Waals surface area contributed by atoms with E-state index >= 15 is 0 Å². The van der Waals surface area contributed by atoms with Gasteiger partial charge in [0.05, 0.1) is 0 Å². The molecule has 7 aromatic carbocycles. The number of fused-ring (bicyclic) bond motifs is 12. The van der Waals surface area contributed by atoms with Gasteiger partial charge < -0.3 is 0 Å². The third-order valence-electron chi connectivity index (χ3n) is 11.3. The predicted molar refractivity (Wildman–Crippen MR) is 199 cm³/mol. The van der Waals surface area contributed by atoms with Gasteiger partial charge in [-0.3, -0.25) is 0 Å². The van der Waals surface area contributed by atoms with E-state index in [0.717, 1.165) is 0 Å². The summed E-state index contributed by atoms with van der Waals surface area (Å²) in [6.45, 7) is 6.57. The van der Waals surface area contributed by atoms with Gasteiger partial charge in [-0.25, -0.2) is 0 Å². The summed E-state index contributed by atoms with van der Waals surface area (Å²) in [6.07, 6.45) is 0.